The average molecular weight is 546 g/mol. The van der Waals surface area contributed by atoms with E-state index >= 15 is 0 Å². The molecule has 0 aliphatic carbocycles. The zero-order valence-electron chi connectivity index (χ0n) is 24.3. The third kappa shape index (κ3) is 3.67. The van der Waals surface area contributed by atoms with Gasteiger partial charge in [0.25, 0.3) is 0 Å². The first-order chi connectivity index (χ1) is 20.3. The maximum atomic E-state index is 6.41. The van der Waals surface area contributed by atoms with Gasteiger partial charge in [-0.25, -0.2) is 4.98 Å². The molecule has 8 rings (SSSR count). The van der Waals surface area contributed by atoms with Crippen molar-refractivity contribution in [3.05, 3.63) is 115 Å². The molecule has 4 nitrogen and oxygen atoms in total. The highest BCUT2D eigenvalue weighted by atomic mass is 16.7. The van der Waals surface area contributed by atoms with Crippen LogP contribution >= 0.6 is 0 Å². The van der Waals surface area contributed by atoms with Crippen molar-refractivity contribution in [2.75, 3.05) is 0 Å². The summed E-state index contributed by atoms with van der Waals surface area (Å²) in [6, 6.07) is 40.8. The van der Waals surface area contributed by atoms with Crippen LogP contribution in [-0.4, -0.2) is 27.9 Å². The second-order valence-electron chi connectivity index (χ2n) is 12.3. The third-order valence-electron chi connectivity index (χ3n) is 9.20. The van der Waals surface area contributed by atoms with Gasteiger partial charge in [0.2, 0.25) is 0 Å². The van der Waals surface area contributed by atoms with Crippen LogP contribution in [0.2, 0.25) is 0 Å². The minimum absolute atomic E-state index is 0.405. The number of pyridine rings is 1. The molecule has 1 fully saturated rings. The van der Waals surface area contributed by atoms with E-state index in [1.807, 2.05) is 0 Å². The molecule has 1 aliphatic heterocycles. The Morgan fingerprint density at radius 1 is 0.619 bits per heavy atom. The molecule has 7 aromatic rings. The quantitative estimate of drug-likeness (QED) is 0.165. The van der Waals surface area contributed by atoms with Crippen LogP contribution in [0, 0.1) is 0 Å². The van der Waals surface area contributed by atoms with E-state index in [1.54, 1.807) is 0 Å². The topological polar surface area (TPSA) is 36.3 Å². The molecule has 3 heterocycles. The van der Waals surface area contributed by atoms with E-state index in [2.05, 4.69) is 148 Å². The Bertz CT molecular complexity index is 2150. The first kappa shape index (κ1) is 25.3. The van der Waals surface area contributed by atoms with E-state index in [-0.39, 0.29) is 0 Å². The molecule has 0 bridgehead atoms. The molecular formula is C37H31BN2O2. The van der Waals surface area contributed by atoms with Gasteiger partial charge in [-0.2, -0.15) is 0 Å². The van der Waals surface area contributed by atoms with Crippen LogP contribution < -0.4 is 5.46 Å². The Balaban J connectivity index is 1.45. The number of fused-ring (bicyclic) bond motifs is 7. The maximum absolute atomic E-state index is 6.41. The van der Waals surface area contributed by atoms with E-state index in [0.29, 0.717) is 0 Å². The summed E-state index contributed by atoms with van der Waals surface area (Å²) in [4.78, 5) is 5.27. The summed E-state index contributed by atoms with van der Waals surface area (Å²) in [5, 5.41) is 5.93. The molecule has 5 heteroatoms. The molecule has 1 aliphatic rings. The van der Waals surface area contributed by atoms with Crippen LogP contribution in [0.5, 0.6) is 0 Å². The van der Waals surface area contributed by atoms with Crippen molar-refractivity contribution in [1.29, 1.82) is 0 Å². The summed E-state index contributed by atoms with van der Waals surface area (Å²) in [5.41, 5.74) is 6.68. The number of benzene rings is 5. The lowest BCUT2D eigenvalue weighted by Gasteiger charge is -2.32. The van der Waals surface area contributed by atoms with Gasteiger partial charge in [-0.3, -0.25) is 0 Å². The van der Waals surface area contributed by atoms with Gasteiger partial charge < -0.3 is 13.9 Å². The van der Waals surface area contributed by atoms with Gasteiger partial charge in [-0.05, 0) is 57.4 Å². The van der Waals surface area contributed by atoms with E-state index in [1.165, 1.54) is 27.2 Å². The number of hydrogen-bond acceptors (Lipinski definition) is 3. The Morgan fingerprint density at radius 3 is 2.07 bits per heavy atom. The van der Waals surface area contributed by atoms with Crippen LogP contribution in [0.1, 0.15) is 27.7 Å². The summed E-state index contributed by atoms with van der Waals surface area (Å²) < 4.78 is 15.2. The molecule has 204 valence electrons. The molecule has 2 aromatic heterocycles. The monoisotopic (exact) mass is 546 g/mol. The second kappa shape index (κ2) is 9.03. The molecule has 0 amide bonds. The lowest BCUT2D eigenvalue weighted by atomic mass is 9.78. The van der Waals surface area contributed by atoms with Crippen LogP contribution in [0.15, 0.2) is 115 Å². The first-order valence-electron chi connectivity index (χ1n) is 14.6. The number of aromatic nitrogens is 2. The zero-order valence-corrected chi connectivity index (χ0v) is 24.3. The van der Waals surface area contributed by atoms with Gasteiger partial charge in [-0.1, -0.05) is 91.0 Å². The highest BCUT2D eigenvalue weighted by Gasteiger charge is 2.51. The molecule has 0 spiro atoms. The largest absolute Gasteiger partial charge is 0.494 e. The van der Waals surface area contributed by atoms with Crippen LogP contribution in [0.25, 0.3) is 60.4 Å². The standard InChI is InChI=1S/C37H31BN2O2/c1-36(2)37(3,4)42-38(41-36)25-14-12-13-24(23-25)34-30-22-21-28-27-17-9-11-20-32(27)40(26-15-6-5-7-16-26)35(28)33(30)29-18-8-10-19-31(29)39-34/h5-23H,1-4H3. The van der Waals surface area contributed by atoms with E-state index in [0.717, 1.165) is 38.7 Å². The van der Waals surface area contributed by atoms with E-state index < -0.39 is 18.3 Å². The summed E-state index contributed by atoms with van der Waals surface area (Å²) in [6.45, 7) is 8.36. The highest BCUT2D eigenvalue weighted by Crippen LogP contribution is 2.42. The highest BCUT2D eigenvalue weighted by molar-refractivity contribution is 6.62. The third-order valence-corrected chi connectivity index (χ3v) is 9.20. The van der Waals surface area contributed by atoms with Crippen molar-refractivity contribution in [3.8, 4) is 16.9 Å². The minimum atomic E-state index is -0.436. The Kier molecular flexibility index (Phi) is 5.43. The fourth-order valence-electron chi connectivity index (χ4n) is 6.37. The number of nitrogens with zero attached hydrogens (tertiary/aromatic N) is 2. The van der Waals surface area contributed by atoms with Gasteiger partial charge in [0.05, 0.1) is 33.4 Å². The summed E-state index contributed by atoms with van der Waals surface area (Å²) in [5.74, 6) is 0. The van der Waals surface area contributed by atoms with Crippen molar-refractivity contribution in [2.24, 2.45) is 0 Å². The van der Waals surface area contributed by atoms with Gasteiger partial charge in [0, 0.05) is 38.2 Å². The molecule has 0 N–H and O–H groups in total. The second-order valence-corrected chi connectivity index (χ2v) is 12.3. The minimum Gasteiger partial charge on any atom is -0.399 e. The SMILES string of the molecule is CC1(C)OB(c2cccc(-c3nc4ccccc4c4c3ccc3c5ccccc5n(-c5ccccc5)c34)c2)OC1(C)C. The molecule has 0 atom stereocenters. The molecule has 0 unspecified atom stereocenters. The fourth-order valence-corrected chi connectivity index (χ4v) is 6.37. The lowest BCUT2D eigenvalue weighted by Crippen LogP contribution is -2.41. The molecule has 5 aromatic carbocycles. The number of para-hydroxylation sites is 3. The van der Waals surface area contributed by atoms with Crippen LogP contribution in [0.3, 0.4) is 0 Å². The van der Waals surface area contributed by atoms with Gasteiger partial charge >= 0.3 is 7.12 Å². The van der Waals surface area contributed by atoms with Gasteiger partial charge in [0.1, 0.15) is 0 Å². The van der Waals surface area contributed by atoms with Crippen molar-refractivity contribution in [2.45, 2.75) is 38.9 Å². The van der Waals surface area contributed by atoms with Crippen LogP contribution in [-0.2, 0) is 9.31 Å². The van der Waals surface area contributed by atoms with Gasteiger partial charge in [0.15, 0.2) is 0 Å². The first-order valence-corrected chi connectivity index (χ1v) is 14.6. The van der Waals surface area contributed by atoms with Crippen molar-refractivity contribution >= 4 is 56.1 Å². The fraction of sp³-hybridized carbons (Fsp3) is 0.162. The zero-order chi connectivity index (χ0) is 28.6. The van der Waals surface area contributed by atoms with Crippen molar-refractivity contribution < 1.29 is 9.31 Å². The molecular weight excluding hydrogens is 515 g/mol. The number of rotatable bonds is 3. The Hall–Kier alpha value is -4.45. The summed E-state index contributed by atoms with van der Waals surface area (Å²) in [6.07, 6.45) is 0. The molecule has 42 heavy (non-hydrogen) atoms. The van der Waals surface area contributed by atoms with Gasteiger partial charge in [-0.15, -0.1) is 0 Å². The Morgan fingerprint density at radius 2 is 1.29 bits per heavy atom. The van der Waals surface area contributed by atoms with E-state index in [9.17, 15) is 0 Å². The summed E-state index contributed by atoms with van der Waals surface area (Å²) >= 11 is 0. The van der Waals surface area contributed by atoms with Crippen molar-refractivity contribution in [1.82, 2.24) is 9.55 Å². The predicted octanol–water partition coefficient (Wildman–Crippen LogP) is 8.45. The number of hydrogen-bond donors (Lipinski definition) is 0. The van der Waals surface area contributed by atoms with Crippen molar-refractivity contribution in [3.63, 3.8) is 0 Å². The van der Waals surface area contributed by atoms with Crippen LogP contribution in [0.4, 0.5) is 0 Å². The maximum Gasteiger partial charge on any atom is 0.494 e. The average Bonchev–Trinajstić information content (AvgIpc) is 3.46. The molecule has 0 saturated carbocycles. The molecule has 0 radical (unpaired) electrons. The smallest absolute Gasteiger partial charge is 0.399 e. The predicted molar refractivity (Wildman–Crippen MR) is 175 cm³/mol. The normalized spacial score (nSPS) is 16.2. The van der Waals surface area contributed by atoms with E-state index in [4.69, 9.17) is 14.3 Å². The molecule has 1 saturated heterocycles. The Labute approximate surface area is 245 Å². The summed E-state index contributed by atoms with van der Waals surface area (Å²) in [7, 11) is -0.436. The lowest BCUT2D eigenvalue weighted by molar-refractivity contribution is 0.00578.